The smallest absolute Gasteiger partial charge is 0.243 e. The molecule has 1 aliphatic rings. The fraction of sp³-hybridized carbons (Fsp3) is 0.750. The number of aromatic amines is 1. The molecule has 5 nitrogen and oxygen atoms in total. The summed E-state index contributed by atoms with van der Waals surface area (Å²) in [7, 11) is -3.37. The van der Waals surface area contributed by atoms with Crippen LogP contribution in [0.2, 0.25) is 0 Å². The second-order valence-corrected chi connectivity index (χ2v) is 7.01. The number of nitrogens with one attached hydrogen (secondary N) is 2. The van der Waals surface area contributed by atoms with E-state index in [0.717, 1.165) is 12.3 Å². The van der Waals surface area contributed by atoms with Gasteiger partial charge in [0.2, 0.25) is 10.0 Å². The highest BCUT2D eigenvalue weighted by molar-refractivity contribution is 7.89. The third-order valence-corrected chi connectivity index (χ3v) is 5.19. The van der Waals surface area contributed by atoms with Gasteiger partial charge in [0.1, 0.15) is 4.90 Å². The molecule has 0 radical (unpaired) electrons. The highest BCUT2D eigenvalue weighted by Gasteiger charge is 2.19. The summed E-state index contributed by atoms with van der Waals surface area (Å²) >= 11 is 0. The summed E-state index contributed by atoms with van der Waals surface area (Å²) < 4.78 is 26.3. The van der Waals surface area contributed by atoms with Crippen molar-refractivity contribution in [3.63, 3.8) is 0 Å². The lowest BCUT2D eigenvalue weighted by atomic mass is 9.81. The van der Waals surface area contributed by atoms with Crippen LogP contribution in [-0.2, 0) is 10.0 Å². The van der Waals surface area contributed by atoms with Gasteiger partial charge in [-0.25, -0.2) is 13.1 Å². The predicted molar refractivity (Wildman–Crippen MR) is 69.5 cm³/mol. The maximum atomic E-state index is 11.8. The number of rotatable bonds is 5. The average molecular weight is 271 g/mol. The van der Waals surface area contributed by atoms with Crippen LogP contribution in [0.5, 0.6) is 0 Å². The summed E-state index contributed by atoms with van der Waals surface area (Å²) in [6, 6.07) is 0. The lowest BCUT2D eigenvalue weighted by Crippen LogP contribution is -2.26. The van der Waals surface area contributed by atoms with Crippen LogP contribution >= 0.6 is 0 Å². The van der Waals surface area contributed by atoms with E-state index in [4.69, 9.17) is 0 Å². The molecule has 1 aromatic rings. The minimum Gasteiger partial charge on any atom is -0.284 e. The van der Waals surface area contributed by atoms with Crippen molar-refractivity contribution in [3.05, 3.63) is 12.4 Å². The van der Waals surface area contributed by atoms with Gasteiger partial charge in [0.25, 0.3) is 0 Å². The van der Waals surface area contributed by atoms with Gasteiger partial charge in [0.15, 0.2) is 0 Å². The minimum absolute atomic E-state index is 0.208. The molecule has 18 heavy (non-hydrogen) atoms. The van der Waals surface area contributed by atoms with Gasteiger partial charge >= 0.3 is 0 Å². The van der Waals surface area contributed by atoms with Crippen LogP contribution in [0, 0.1) is 11.8 Å². The number of hydrogen-bond donors (Lipinski definition) is 2. The minimum atomic E-state index is -3.37. The van der Waals surface area contributed by atoms with Gasteiger partial charge in [0, 0.05) is 12.7 Å². The average Bonchev–Trinajstić information content (AvgIpc) is 2.86. The fourth-order valence-electron chi connectivity index (χ4n) is 2.48. The summed E-state index contributed by atoms with van der Waals surface area (Å²) in [6.45, 7) is 2.81. The van der Waals surface area contributed by atoms with Crippen LogP contribution in [0.1, 0.15) is 39.0 Å². The van der Waals surface area contributed by atoms with E-state index in [1.165, 1.54) is 38.1 Å². The van der Waals surface area contributed by atoms with Gasteiger partial charge in [0.05, 0.1) is 6.20 Å². The first-order chi connectivity index (χ1) is 8.58. The van der Waals surface area contributed by atoms with Gasteiger partial charge in [-0.2, -0.15) is 5.10 Å². The Balaban J connectivity index is 1.75. The maximum absolute atomic E-state index is 11.8. The van der Waals surface area contributed by atoms with Crippen molar-refractivity contribution < 1.29 is 8.42 Å². The van der Waals surface area contributed by atoms with Crippen molar-refractivity contribution in [1.29, 1.82) is 0 Å². The van der Waals surface area contributed by atoms with E-state index in [2.05, 4.69) is 21.8 Å². The van der Waals surface area contributed by atoms with Crippen molar-refractivity contribution in [1.82, 2.24) is 14.9 Å². The molecule has 1 fully saturated rings. The molecule has 1 saturated carbocycles. The third kappa shape index (κ3) is 3.55. The van der Waals surface area contributed by atoms with Crippen molar-refractivity contribution >= 4 is 10.0 Å². The Hall–Kier alpha value is -0.880. The SMILES string of the molecule is CC1CCC(CCNS(=O)(=O)c2cn[nH]c2)CC1. The number of nitrogens with zero attached hydrogens (tertiary/aromatic N) is 1. The molecule has 0 atom stereocenters. The first-order valence-corrected chi connectivity index (χ1v) is 8.04. The zero-order chi connectivity index (χ0) is 13.0. The van der Waals surface area contributed by atoms with Gasteiger partial charge in [-0.05, 0) is 18.3 Å². The monoisotopic (exact) mass is 271 g/mol. The Bertz CT molecular complexity index is 448. The van der Waals surface area contributed by atoms with Crippen LogP contribution in [0.4, 0.5) is 0 Å². The molecule has 0 spiro atoms. The van der Waals surface area contributed by atoms with Crippen molar-refractivity contribution in [2.45, 2.75) is 43.9 Å². The molecule has 0 amide bonds. The van der Waals surface area contributed by atoms with Gasteiger partial charge in [-0.3, -0.25) is 5.10 Å². The van der Waals surface area contributed by atoms with Crippen LogP contribution in [0.15, 0.2) is 17.3 Å². The zero-order valence-corrected chi connectivity index (χ0v) is 11.5. The molecule has 0 bridgehead atoms. The number of sulfonamides is 1. The second kappa shape index (κ2) is 5.84. The lowest BCUT2D eigenvalue weighted by molar-refractivity contribution is 0.278. The molecular formula is C12H21N3O2S. The van der Waals surface area contributed by atoms with E-state index < -0.39 is 10.0 Å². The molecule has 1 heterocycles. The highest BCUT2D eigenvalue weighted by Crippen LogP contribution is 2.29. The zero-order valence-electron chi connectivity index (χ0n) is 10.7. The topological polar surface area (TPSA) is 74.8 Å². The number of H-pyrrole nitrogens is 1. The molecule has 6 heteroatoms. The Morgan fingerprint density at radius 2 is 2.11 bits per heavy atom. The lowest BCUT2D eigenvalue weighted by Gasteiger charge is -2.25. The molecule has 1 aliphatic carbocycles. The largest absolute Gasteiger partial charge is 0.284 e. The van der Waals surface area contributed by atoms with E-state index >= 15 is 0 Å². The molecule has 0 unspecified atom stereocenters. The van der Waals surface area contributed by atoms with Gasteiger partial charge in [-0.15, -0.1) is 0 Å². The molecular weight excluding hydrogens is 250 g/mol. The Labute approximate surface area is 108 Å². The Morgan fingerprint density at radius 3 is 2.72 bits per heavy atom. The maximum Gasteiger partial charge on any atom is 0.243 e. The Morgan fingerprint density at radius 1 is 1.39 bits per heavy atom. The van der Waals surface area contributed by atoms with E-state index in [1.54, 1.807) is 0 Å². The summed E-state index contributed by atoms with van der Waals surface area (Å²) in [5.41, 5.74) is 0. The van der Waals surface area contributed by atoms with E-state index in [-0.39, 0.29) is 4.90 Å². The normalized spacial score (nSPS) is 25.2. The molecule has 2 N–H and O–H groups in total. The summed E-state index contributed by atoms with van der Waals surface area (Å²) in [4.78, 5) is 0.208. The van der Waals surface area contributed by atoms with E-state index in [0.29, 0.717) is 12.5 Å². The predicted octanol–water partition coefficient (Wildman–Crippen LogP) is 1.90. The fourth-order valence-corrected chi connectivity index (χ4v) is 3.44. The molecule has 2 rings (SSSR count). The highest BCUT2D eigenvalue weighted by atomic mass is 32.2. The first-order valence-electron chi connectivity index (χ1n) is 6.56. The van der Waals surface area contributed by atoms with Crippen LogP contribution in [0.25, 0.3) is 0 Å². The van der Waals surface area contributed by atoms with Crippen molar-refractivity contribution in [2.24, 2.45) is 11.8 Å². The van der Waals surface area contributed by atoms with Crippen molar-refractivity contribution in [3.8, 4) is 0 Å². The third-order valence-electron chi connectivity index (χ3n) is 3.76. The first kappa shape index (κ1) is 13.5. The van der Waals surface area contributed by atoms with Crippen LogP contribution < -0.4 is 4.72 Å². The van der Waals surface area contributed by atoms with Crippen LogP contribution in [0.3, 0.4) is 0 Å². The second-order valence-electron chi connectivity index (χ2n) is 5.25. The summed E-state index contributed by atoms with van der Waals surface area (Å²) in [5, 5.41) is 6.16. The molecule has 0 saturated heterocycles. The van der Waals surface area contributed by atoms with Gasteiger partial charge in [-0.1, -0.05) is 32.6 Å². The summed E-state index contributed by atoms with van der Waals surface area (Å²) in [5.74, 6) is 1.51. The number of aromatic nitrogens is 2. The standard InChI is InChI=1S/C12H21N3O2S/c1-10-2-4-11(5-3-10)6-7-15-18(16,17)12-8-13-14-9-12/h8-11,15H,2-7H2,1H3,(H,13,14). The quantitative estimate of drug-likeness (QED) is 0.859. The molecule has 0 aliphatic heterocycles. The van der Waals surface area contributed by atoms with Crippen LogP contribution in [-0.4, -0.2) is 25.2 Å². The van der Waals surface area contributed by atoms with Crippen molar-refractivity contribution in [2.75, 3.05) is 6.54 Å². The van der Waals surface area contributed by atoms with Gasteiger partial charge < -0.3 is 0 Å². The Kier molecular flexibility index (Phi) is 4.40. The molecule has 1 aromatic heterocycles. The molecule has 102 valence electrons. The number of hydrogen-bond acceptors (Lipinski definition) is 3. The summed E-state index contributed by atoms with van der Waals surface area (Å²) in [6.07, 6.45) is 8.67. The molecule has 0 aromatic carbocycles. The van der Waals surface area contributed by atoms with E-state index in [1.807, 2.05) is 0 Å². The van der Waals surface area contributed by atoms with E-state index in [9.17, 15) is 8.42 Å².